The molecule has 0 bridgehead atoms. The quantitative estimate of drug-likeness (QED) is 0.352. The lowest BCUT2D eigenvalue weighted by atomic mass is 9.97. The van der Waals surface area contributed by atoms with Crippen LogP contribution in [0.1, 0.15) is 51.9 Å². The van der Waals surface area contributed by atoms with E-state index in [0.717, 1.165) is 50.9 Å². The van der Waals surface area contributed by atoms with Crippen LogP contribution in [0.2, 0.25) is 0 Å². The molecule has 2 saturated heterocycles. The monoisotopic (exact) mass is 491 g/mol. The molecule has 27 heavy (non-hydrogen) atoms. The Morgan fingerprint density at radius 3 is 2.37 bits per heavy atom. The standard InChI is InChI=1S/C20H37N5O.HI/c1-16(26)25-11-7-17(8-12-25)13-22-20(21-2)23-19-9-10-24(15-19)14-18-5-3-4-6-18;/h17-19H,3-15H2,1-2H3,(H2,21,22,23);1H. The number of halogens is 1. The topological polar surface area (TPSA) is 60.0 Å². The molecule has 3 fully saturated rings. The zero-order chi connectivity index (χ0) is 18.4. The van der Waals surface area contributed by atoms with Crippen LogP contribution < -0.4 is 10.6 Å². The normalized spacial score (nSPS) is 25.5. The zero-order valence-corrected chi connectivity index (χ0v) is 19.4. The van der Waals surface area contributed by atoms with Crippen LogP contribution >= 0.6 is 24.0 Å². The number of carbonyl (C=O) groups is 1. The Kier molecular flexibility index (Phi) is 9.62. The fraction of sp³-hybridized carbons (Fsp3) is 0.900. The molecule has 0 radical (unpaired) electrons. The first kappa shape index (κ1) is 22.7. The van der Waals surface area contributed by atoms with E-state index in [4.69, 9.17) is 0 Å². The SMILES string of the molecule is CN=C(NCC1CCN(C(C)=O)CC1)NC1CCN(CC2CCCC2)C1.I. The Morgan fingerprint density at radius 1 is 1.04 bits per heavy atom. The first-order chi connectivity index (χ1) is 12.6. The van der Waals surface area contributed by atoms with Crippen molar-refractivity contribution in [1.82, 2.24) is 20.4 Å². The number of nitrogens with zero attached hydrogens (tertiary/aromatic N) is 3. The summed E-state index contributed by atoms with van der Waals surface area (Å²) in [5, 5.41) is 7.13. The van der Waals surface area contributed by atoms with Crippen LogP contribution in [-0.4, -0.2) is 74.0 Å². The molecular formula is C20H38IN5O. The first-order valence-electron chi connectivity index (χ1n) is 10.6. The van der Waals surface area contributed by atoms with Crippen LogP contribution in [0.4, 0.5) is 0 Å². The van der Waals surface area contributed by atoms with Gasteiger partial charge in [0.15, 0.2) is 5.96 Å². The molecule has 1 aliphatic carbocycles. The highest BCUT2D eigenvalue weighted by Crippen LogP contribution is 2.26. The molecule has 2 aliphatic heterocycles. The van der Waals surface area contributed by atoms with Crippen LogP contribution in [0.25, 0.3) is 0 Å². The van der Waals surface area contributed by atoms with Crippen LogP contribution in [0.5, 0.6) is 0 Å². The van der Waals surface area contributed by atoms with Crippen molar-refractivity contribution in [3.8, 4) is 0 Å². The van der Waals surface area contributed by atoms with Crippen molar-refractivity contribution < 1.29 is 4.79 Å². The van der Waals surface area contributed by atoms with Gasteiger partial charge in [-0.2, -0.15) is 0 Å². The van der Waals surface area contributed by atoms with Gasteiger partial charge in [0.1, 0.15) is 0 Å². The van der Waals surface area contributed by atoms with E-state index in [0.29, 0.717) is 12.0 Å². The van der Waals surface area contributed by atoms with Crippen molar-refractivity contribution in [1.29, 1.82) is 0 Å². The van der Waals surface area contributed by atoms with Gasteiger partial charge in [-0.3, -0.25) is 9.79 Å². The van der Waals surface area contributed by atoms with Crippen LogP contribution in [0, 0.1) is 11.8 Å². The third-order valence-corrected chi connectivity index (χ3v) is 6.45. The van der Waals surface area contributed by atoms with Crippen molar-refractivity contribution in [3.63, 3.8) is 0 Å². The molecule has 7 heteroatoms. The molecule has 0 aromatic rings. The third kappa shape index (κ3) is 7.07. The number of hydrogen-bond acceptors (Lipinski definition) is 3. The average molecular weight is 491 g/mol. The summed E-state index contributed by atoms with van der Waals surface area (Å²) in [6.07, 6.45) is 9.11. The maximum atomic E-state index is 11.4. The first-order valence-corrected chi connectivity index (χ1v) is 10.6. The molecular weight excluding hydrogens is 453 g/mol. The minimum absolute atomic E-state index is 0. The summed E-state index contributed by atoms with van der Waals surface area (Å²) in [5.74, 6) is 2.71. The van der Waals surface area contributed by atoms with Crippen molar-refractivity contribution >= 4 is 35.8 Å². The fourth-order valence-corrected chi connectivity index (χ4v) is 4.76. The van der Waals surface area contributed by atoms with Gasteiger partial charge >= 0.3 is 0 Å². The van der Waals surface area contributed by atoms with E-state index >= 15 is 0 Å². The number of amides is 1. The highest BCUT2D eigenvalue weighted by molar-refractivity contribution is 14.0. The Hall–Kier alpha value is -0.570. The molecule has 2 N–H and O–H groups in total. The molecule has 0 spiro atoms. The summed E-state index contributed by atoms with van der Waals surface area (Å²) < 4.78 is 0. The van der Waals surface area contributed by atoms with Crippen molar-refractivity contribution in [2.75, 3.05) is 46.3 Å². The molecule has 0 aromatic heterocycles. The smallest absolute Gasteiger partial charge is 0.219 e. The molecule has 0 aromatic carbocycles. The third-order valence-electron chi connectivity index (χ3n) is 6.45. The lowest BCUT2D eigenvalue weighted by Crippen LogP contribution is -2.47. The zero-order valence-electron chi connectivity index (χ0n) is 17.1. The predicted molar refractivity (Wildman–Crippen MR) is 122 cm³/mol. The van der Waals surface area contributed by atoms with E-state index in [1.54, 1.807) is 6.92 Å². The molecule has 2 heterocycles. The van der Waals surface area contributed by atoms with Crippen molar-refractivity contribution in [2.45, 2.75) is 57.9 Å². The molecule has 156 valence electrons. The minimum Gasteiger partial charge on any atom is -0.356 e. The molecule has 1 saturated carbocycles. The van der Waals surface area contributed by atoms with E-state index < -0.39 is 0 Å². The number of rotatable bonds is 5. The van der Waals surface area contributed by atoms with Crippen LogP contribution in [0.3, 0.4) is 0 Å². The summed E-state index contributed by atoms with van der Waals surface area (Å²) in [4.78, 5) is 20.4. The van der Waals surface area contributed by atoms with Gasteiger partial charge in [-0.1, -0.05) is 12.8 Å². The second kappa shape index (κ2) is 11.4. The summed E-state index contributed by atoms with van der Waals surface area (Å²) in [6, 6.07) is 0.516. The van der Waals surface area contributed by atoms with Crippen LogP contribution in [0.15, 0.2) is 4.99 Å². The highest BCUT2D eigenvalue weighted by Gasteiger charge is 2.27. The van der Waals surface area contributed by atoms with E-state index in [2.05, 4.69) is 20.5 Å². The highest BCUT2D eigenvalue weighted by atomic mass is 127. The summed E-state index contributed by atoms with van der Waals surface area (Å²) in [6.45, 7) is 8.06. The Labute approximate surface area is 181 Å². The van der Waals surface area contributed by atoms with Gasteiger partial charge in [-0.25, -0.2) is 0 Å². The van der Waals surface area contributed by atoms with Gasteiger partial charge in [0.05, 0.1) is 0 Å². The molecule has 1 atom stereocenters. The maximum Gasteiger partial charge on any atom is 0.219 e. The van der Waals surface area contributed by atoms with E-state index in [1.165, 1.54) is 45.2 Å². The number of aliphatic imine (C=N–C) groups is 1. The largest absolute Gasteiger partial charge is 0.356 e. The second-order valence-corrected chi connectivity index (χ2v) is 8.44. The number of hydrogen-bond donors (Lipinski definition) is 2. The summed E-state index contributed by atoms with van der Waals surface area (Å²) in [7, 11) is 1.86. The Balaban J connectivity index is 0.00000261. The van der Waals surface area contributed by atoms with Crippen LogP contribution in [-0.2, 0) is 4.79 Å². The van der Waals surface area contributed by atoms with E-state index in [9.17, 15) is 4.79 Å². The van der Waals surface area contributed by atoms with Gasteiger partial charge in [-0.15, -0.1) is 24.0 Å². The second-order valence-electron chi connectivity index (χ2n) is 8.44. The van der Waals surface area contributed by atoms with Gasteiger partial charge in [0.25, 0.3) is 0 Å². The summed E-state index contributed by atoms with van der Waals surface area (Å²) in [5.41, 5.74) is 0. The number of piperidine rings is 1. The molecule has 1 amide bonds. The fourth-order valence-electron chi connectivity index (χ4n) is 4.76. The lowest BCUT2D eigenvalue weighted by Gasteiger charge is -2.31. The number of likely N-dealkylation sites (tertiary alicyclic amines) is 2. The average Bonchev–Trinajstić information content (AvgIpc) is 3.31. The van der Waals surface area contributed by atoms with E-state index in [1.807, 2.05) is 11.9 Å². The Bertz CT molecular complexity index is 487. The Morgan fingerprint density at radius 2 is 1.74 bits per heavy atom. The van der Waals surface area contributed by atoms with Gasteiger partial charge in [0, 0.05) is 59.3 Å². The van der Waals surface area contributed by atoms with Crippen molar-refractivity contribution in [2.24, 2.45) is 16.8 Å². The van der Waals surface area contributed by atoms with Gasteiger partial charge < -0.3 is 20.4 Å². The van der Waals surface area contributed by atoms with Crippen molar-refractivity contribution in [3.05, 3.63) is 0 Å². The van der Waals surface area contributed by atoms with Gasteiger partial charge in [-0.05, 0) is 43.9 Å². The molecule has 6 nitrogen and oxygen atoms in total. The predicted octanol–water partition coefficient (Wildman–Crippen LogP) is 2.29. The van der Waals surface area contributed by atoms with E-state index in [-0.39, 0.29) is 29.9 Å². The number of carbonyl (C=O) groups excluding carboxylic acids is 1. The molecule has 1 unspecified atom stereocenters. The number of nitrogens with one attached hydrogen (secondary N) is 2. The lowest BCUT2D eigenvalue weighted by molar-refractivity contribution is -0.130. The van der Waals surface area contributed by atoms with Gasteiger partial charge in [0.2, 0.25) is 5.91 Å². The maximum absolute atomic E-state index is 11.4. The molecule has 3 rings (SSSR count). The summed E-state index contributed by atoms with van der Waals surface area (Å²) >= 11 is 0. The molecule has 3 aliphatic rings. The minimum atomic E-state index is 0. The number of guanidine groups is 1.